The third-order valence-electron chi connectivity index (χ3n) is 2.92. The molecular weight excluding hydrogens is 272 g/mol. The van der Waals surface area contributed by atoms with Gasteiger partial charge in [0.05, 0.1) is 5.92 Å². The first kappa shape index (κ1) is 16.1. The average Bonchev–Trinajstić information content (AvgIpc) is 2.27. The summed E-state index contributed by atoms with van der Waals surface area (Å²) in [5.74, 6) is -1.14. The predicted octanol–water partition coefficient (Wildman–Crippen LogP) is 3.45. The summed E-state index contributed by atoms with van der Waals surface area (Å²) >= 11 is 0. The molecule has 0 saturated carbocycles. The van der Waals surface area contributed by atoms with Crippen LogP contribution in [0.15, 0.2) is 30.3 Å². The molecule has 0 fully saturated rings. The lowest BCUT2D eigenvalue weighted by Crippen LogP contribution is -2.33. The summed E-state index contributed by atoms with van der Waals surface area (Å²) in [6.45, 7) is 8.72. The predicted molar refractivity (Wildman–Crippen MR) is 83.7 cm³/mol. The van der Waals surface area contributed by atoms with Gasteiger partial charge in [0.1, 0.15) is 0 Å². The highest BCUT2D eigenvalue weighted by atomic mass is 28.4. The van der Waals surface area contributed by atoms with Crippen molar-refractivity contribution in [2.75, 3.05) is 0 Å². The van der Waals surface area contributed by atoms with E-state index in [1.54, 1.807) is 0 Å². The molecule has 2 unspecified atom stereocenters. The van der Waals surface area contributed by atoms with Crippen LogP contribution in [-0.4, -0.2) is 28.4 Å². The summed E-state index contributed by atoms with van der Waals surface area (Å²) in [5, 5.41) is 9.36. The van der Waals surface area contributed by atoms with Crippen LogP contribution >= 0.6 is 0 Å². The molecule has 0 amide bonds. The zero-order valence-electron chi connectivity index (χ0n) is 12.2. The van der Waals surface area contributed by atoms with Crippen molar-refractivity contribution in [1.29, 1.82) is 0 Å². The minimum atomic E-state index is -1.48. The Bertz CT molecular complexity index is 401. The van der Waals surface area contributed by atoms with Gasteiger partial charge in [0.25, 0.3) is 0 Å². The van der Waals surface area contributed by atoms with Gasteiger partial charge >= 0.3 is 5.97 Å². The number of hydrogen-bond acceptors (Lipinski definition) is 2. The van der Waals surface area contributed by atoms with E-state index >= 15 is 0 Å². The van der Waals surface area contributed by atoms with Gasteiger partial charge in [0, 0.05) is 0 Å². The Hall–Kier alpha value is -0.916. The molecule has 1 aromatic rings. The lowest BCUT2D eigenvalue weighted by Gasteiger charge is -2.24. The molecule has 0 aliphatic rings. The number of hydrogen-bond donors (Lipinski definition) is 1. The van der Waals surface area contributed by atoms with Crippen LogP contribution in [0.3, 0.4) is 0 Å². The highest BCUT2D eigenvalue weighted by Gasteiger charge is 2.23. The van der Waals surface area contributed by atoms with Crippen LogP contribution in [0.4, 0.5) is 0 Å². The Morgan fingerprint density at radius 2 is 1.89 bits per heavy atom. The topological polar surface area (TPSA) is 46.5 Å². The van der Waals surface area contributed by atoms with Gasteiger partial charge in [-0.3, -0.25) is 4.79 Å². The zero-order chi connectivity index (χ0) is 14.5. The average molecular weight is 297 g/mol. The summed E-state index contributed by atoms with van der Waals surface area (Å²) in [6.07, 6.45) is 0.678. The van der Waals surface area contributed by atoms with Gasteiger partial charge in [-0.25, -0.2) is 0 Å². The van der Waals surface area contributed by atoms with Crippen LogP contribution < -0.4 is 0 Å². The van der Waals surface area contributed by atoms with Crippen LogP contribution in [0.2, 0.25) is 32.2 Å². The Morgan fingerprint density at radius 3 is 2.37 bits per heavy atom. The van der Waals surface area contributed by atoms with Gasteiger partial charge in [-0.1, -0.05) is 30.3 Å². The molecule has 0 bridgehead atoms. The van der Waals surface area contributed by atoms with E-state index in [0.717, 1.165) is 11.6 Å². The lowest BCUT2D eigenvalue weighted by atomic mass is 9.97. The number of carboxylic acids is 1. The maximum Gasteiger partial charge on any atom is 0.310 e. The molecule has 0 saturated heterocycles. The van der Waals surface area contributed by atoms with Crippen LogP contribution in [0.25, 0.3) is 0 Å². The maximum atomic E-state index is 11.4. The third-order valence-corrected chi connectivity index (χ3v) is 8.50. The monoisotopic (exact) mass is 296 g/mol. The fourth-order valence-corrected chi connectivity index (χ4v) is 8.28. The van der Waals surface area contributed by atoms with Crippen molar-refractivity contribution in [3.63, 3.8) is 0 Å². The molecule has 0 aliphatic heterocycles. The van der Waals surface area contributed by atoms with Gasteiger partial charge in [0.2, 0.25) is 0 Å². The summed E-state index contributed by atoms with van der Waals surface area (Å²) in [7, 11) is -2.73. The Morgan fingerprint density at radius 1 is 1.32 bits per heavy atom. The van der Waals surface area contributed by atoms with E-state index in [-0.39, 0.29) is 0 Å². The van der Waals surface area contributed by atoms with Crippen LogP contribution in [-0.2, 0) is 8.91 Å². The molecular formula is C14H24O3Si2. The van der Waals surface area contributed by atoms with Crippen molar-refractivity contribution in [2.45, 2.75) is 44.6 Å². The van der Waals surface area contributed by atoms with Gasteiger partial charge in [-0.2, -0.15) is 0 Å². The van der Waals surface area contributed by atoms with Crippen molar-refractivity contribution in [1.82, 2.24) is 0 Å². The van der Waals surface area contributed by atoms with E-state index in [9.17, 15) is 9.90 Å². The molecule has 5 heteroatoms. The first-order valence-electron chi connectivity index (χ1n) is 6.75. The Balaban J connectivity index is 2.59. The Labute approximate surface area is 118 Å². The largest absolute Gasteiger partial charge is 0.481 e. The zero-order valence-corrected chi connectivity index (χ0v) is 14.4. The van der Waals surface area contributed by atoms with Gasteiger partial charge < -0.3 is 9.22 Å². The fourth-order valence-electron chi connectivity index (χ4n) is 2.18. The summed E-state index contributed by atoms with van der Waals surface area (Å²) in [5.41, 5.74) is 0.893. The van der Waals surface area contributed by atoms with Crippen molar-refractivity contribution < 1.29 is 14.0 Å². The molecule has 1 rings (SSSR count). The summed E-state index contributed by atoms with van der Waals surface area (Å²) in [4.78, 5) is 11.4. The number of aliphatic carboxylic acids is 1. The molecule has 0 radical (unpaired) electrons. The smallest absolute Gasteiger partial charge is 0.310 e. The molecule has 106 valence electrons. The van der Waals surface area contributed by atoms with Gasteiger partial charge in [-0.15, -0.1) is 0 Å². The molecule has 0 heterocycles. The van der Waals surface area contributed by atoms with Crippen molar-refractivity contribution in [3.8, 4) is 0 Å². The number of rotatable bonds is 7. The first-order chi connectivity index (χ1) is 8.79. The number of carboxylic acid groups (broad SMARTS) is 1. The van der Waals surface area contributed by atoms with E-state index in [1.807, 2.05) is 30.3 Å². The highest BCUT2D eigenvalue weighted by molar-refractivity contribution is 6.77. The molecule has 0 aliphatic carbocycles. The Kier molecular flexibility index (Phi) is 5.97. The molecule has 3 nitrogen and oxygen atoms in total. The van der Waals surface area contributed by atoms with E-state index in [1.165, 1.54) is 0 Å². The van der Waals surface area contributed by atoms with Gasteiger partial charge in [0.15, 0.2) is 17.4 Å². The third kappa shape index (κ3) is 6.18. The second kappa shape index (κ2) is 7.02. The first-order valence-corrected chi connectivity index (χ1v) is 12.6. The minimum absolute atomic E-state index is 0.401. The molecule has 0 spiro atoms. The maximum absolute atomic E-state index is 11.4. The molecule has 1 aromatic carbocycles. The van der Waals surface area contributed by atoms with E-state index in [2.05, 4.69) is 26.2 Å². The summed E-state index contributed by atoms with van der Waals surface area (Å²) in [6, 6.07) is 10.4. The quantitative estimate of drug-likeness (QED) is 0.784. The SMILES string of the molecule is C[SiH](CCC(C(=O)O)c1ccccc1)O[Si](C)(C)C. The standard InChI is InChI=1S/C14H24O3Si2/c1-18(17-19(2,3)4)11-10-13(14(15)16)12-8-6-5-7-9-12/h5-9,13,18H,10-11H2,1-4H3,(H,15,16). The highest BCUT2D eigenvalue weighted by Crippen LogP contribution is 2.23. The van der Waals surface area contributed by atoms with E-state index in [0.29, 0.717) is 6.42 Å². The molecule has 2 atom stereocenters. The second-order valence-electron chi connectivity index (χ2n) is 5.92. The van der Waals surface area contributed by atoms with Crippen LogP contribution in [0.5, 0.6) is 0 Å². The molecule has 0 aromatic heterocycles. The van der Waals surface area contributed by atoms with Crippen LogP contribution in [0.1, 0.15) is 17.9 Å². The normalized spacial score (nSPS) is 14.9. The second-order valence-corrected chi connectivity index (χ2v) is 13.3. The number of carbonyl (C=O) groups is 1. The van der Waals surface area contributed by atoms with E-state index in [4.69, 9.17) is 4.12 Å². The number of benzene rings is 1. The van der Waals surface area contributed by atoms with E-state index < -0.39 is 29.2 Å². The molecule has 19 heavy (non-hydrogen) atoms. The summed E-state index contributed by atoms with van der Waals surface area (Å²) < 4.78 is 6.09. The lowest BCUT2D eigenvalue weighted by molar-refractivity contribution is -0.138. The van der Waals surface area contributed by atoms with Gasteiger partial charge in [-0.05, 0) is 44.2 Å². The van der Waals surface area contributed by atoms with Crippen molar-refractivity contribution in [3.05, 3.63) is 35.9 Å². The molecule has 1 N–H and O–H groups in total. The van der Waals surface area contributed by atoms with Crippen molar-refractivity contribution >= 4 is 23.3 Å². The van der Waals surface area contributed by atoms with Crippen molar-refractivity contribution in [2.24, 2.45) is 0 Å². The minimum Gasteiger partial charge on any atom is -0.481 e. The fraction of sp³-hybridized carbons (Fsp3) is 0.500. The van der Waals surface area contributed by atoms with Crippen LogP contribution in [0, 0.1) is 0 Å².